The Morgan fingerprint density at radius 2 is 2.20 bits per heavy atom. The van der Waals surface area contributed by atoms with Crippen molar-refractivity contribution in [2.24, 2.45) is 0 Å². The molecule has 0 N–H and O–H groups in total. The molecule has 0 saturated carbocycles. The lowest BCUT2D eigenvalue weighted by molar-refractivity contribution is 0.0431. The van der Waals surface area contributed by atoms with Crippen molar-refractivity contribution in [2.45, 2.75) is 13.0 Å². The number of ether oxygens (including phenoxy) is 2. The molecule has 1 fully saturated rings. The molecule has 5 heteroatoms. The number of esters is 1. The minimum Gasteiger partial charge on any atom is -0.463 e. The molecule has 0 atom stereocenters. The smallest absolute Gasteiger partial charge is 0.373 e. The molecule has 1 aromatic carbocycles. The minimum absolute atomic E-state index is 0.232. The Labute approximate surface area is 117 Å². The van der Waals surface area contributed by atoms with Crippen LogP contribution in [0.3, 0.4) is 0 Å². The first kappa shape index (κ1) is 13.0. The Balaban J connectivity index is 1.79. The fourth-order valence-electron chi connectivity index (χ4n) is 2.41. The number of anilines is 1. The van der Waals surface area contributed by atoms with E-state index in [4.69, 9.17) is 9.15 Å². The van der Waals surface area contributed by atoms with Crippen LogP contribution < -0.4 is 4.90 Å². The highest BCUT2D eigenvalue weighted by atomic mass is 16.5. The van der Waals surface area contributed by atoms with Gasteiger partial charge in [-0.05, 0) is 25.1 Å². The average Bonchev–Trinajstić information content (AvgIpc) is 2.84. The monoisotopic (exact) mass is 275 g/mol. The van der Waals surface area contributed by atoms with Crippen LogP contribution in [0.2, 0.25) is 0 Å². The van der Waals surface area contributed by atoms with Crippen LogP contribution in [-0.4, -0.2) is 38.9 Å². The van der Waals surface area contributed by atoms with Crippen molar-refractivity contribution in [3.8, 4) is 0 Å². The fraction of sp³-hybridized carbons (Fsp3) is 0.400. The molecule has 1 aliphatic rings. The van der Waals surface area contributed by atoms with Crippen molar-refractivity contribution in [1.29, 1.82) is 0 Å². The van der Waals surface area contributed by atoms with Crippen LogP contribution in [0.4, 0.5) is 5.69 Å². The van der Waals surface area contributed by atoms with Gasteiger partial charge in [0.05, 0.1) is 13.2 Å². The first-order valence-corrected chi connectivity index (χ1v) is 6.69. The molecule has 0 amide bonds. The largest absolute Gasteiger partial charge is 0.463 e. The summed E-state index contributed by atoms with van der Waals surface area (Å²) < 4.78 is 15.7. The van der Waals surface area contributed by atoms with E-state index in [0.29, 0.717) is 11.7 Å². The lowest BCUT2D eigenvalue weighted by atomic mass is 10.1. The van der Waals surface area contributed by atoms with Gasteiger partial charge in [-0.2, -0.15) is 0 Å². The number of hydrogen-bond donors (Lipinski definition) is 0. The van der Waals surface area contributed by atoms with Gasteiger partial charge in [0.1, 0.15) is 5.58 Å². The van der Waals surface area contributed by atoms with Crippen molar-refractivity contribution in [2.75, 3.05) is 31.7 Å². The van der Waals surface area contributed by atoms with Crippen molar-refractivity contribution in [1.82, 2.24) is 0 Å². The number of hydrogen-bond acceptors (Lipinski definition) is 5. The predicted octanol–water partition coefficient (Wildman–Crippen LogP) is 2.44. The quantitative estimate of drug-likeness (QED) is 0.802. The number of methoxy groups -OCH3 is 1. The molecule has 1 aromatic heterocycles. The van der Waals surface area contributed by atoms with Gasteiger partial charge in [-0.1, -0.05) is 0 Å². The van der Waals surface area contributed by atoms with E-state index in [2.05, 4.69) is 9.64 Å². The van der Waals surface area contributed by atoms with Crippen LogP contribution in [0.25, 0.3) is 11.0 Å². The van der Waals surface area contributed by atoms with E-state index in [1.807, 2.05) is 25.1 Å². The fourth-order valence-corrected chi connectivity index (χ4v) is 2.41. The molecule has 0 unspecified atom stereocenters. The second-order valence-corrected chi connectivity index (χ2v) is 4.81. The van der Waals surface area contributed by atoms with Gasteiger partial charge in [0.15, 0.2) is 0 Å². The molecule has 1 aliphatic heterocycles. The van der Waals surface area contributed by atoms with Gasteiger partial charge in [-0.25, -0.2) is 4.79 Å². The highest BCUT2D eigenvalue weighted by molar-refractivity contribution is 5.93. The molecule has 3 rings (SSSR count). The highest BCUT2D eigenvalue weighted by Gasteiger charge is 2.27. The molecule has 2 heterocycles. The van der Waals surface area contributed by atoms with E-state index in [0.717, 1.165) is 30.8 Å². The maximum Gasteiger partial charge on any atom is 0.373 e. The lowest BCUT2D eigenvalue weighted by Crippen LogP contribution is -2.52. The van der Waals surface area contributed by atoms with Gasteiger partial charge in [0.25, 0.3) is 0 Å². The van der Waals surface area contributed by atoms with Gasteiger partial charge in [0.2, 0.25) is 5.76 Å². The summed E-state index contributed by atoms with van der Waals surface area (Å²) in [6, 6.07) is 7.63. The number of carbonyl (C=O) groups is 1. The summed E-state index contributed by atoms with van der Waals surface area (Å²) in [6.45, 7) is 4.54. The third-order valence-electron chi connectivity index (χ3n) is 3.51. The molecular formula is C15H17NO4. The molecule has 0 aliphatic carbocycles. The Morgan fingerprint density at radius 1 is 1.40 bits per heavy atom. The Bertz CT molecular complexity index is 628. The summed E-state index contributed by atoms with van der Waals surface area (Å²) >= 11 is 0. The molecule has 1 saturated heterocycles. The second-order valence-electron chi connectivity index (χ2n) is 4.81. The lowest BCUT2D eigenvalue weighted by Gasteiger charge is -2.40. The minimum atomic E-state index is -0.455. The van der Waals surface area contributed by atoms with Gasteiger partial charge in [-0.15, -0.1) is 0 Å². The topological polar surface area (TPSA) is 51.9 Å². The molecule has 0 bridgehead atoms. The van der Waals surface area contributed by atoms with Crippen LogP contribution in [-0.2, 0) is 9.47 Å². The zero-order valence-electron chi connectivity index (χ0n) is 11.6. The summed E-state index contributed by atoms with van der Waals surface area (Å²) in [4.78, 5) is 13.7. The normalized spacial score (nSPS) is 15.4. The van der Waals surface area contributed by atoms with E-state index in [-0.39, 0.29) is 5.76 Å². The summed E-state index contributed by atoms with van der Waals surface area (Å²) in [5.41, 5.74) is 1.78. The van der Waals surface area contributed by atoms with Gasteiger partial charge >= 0.3 is 5.97 Å². The van der Waals surface area contributed by atoms with Crippen LogP contribution in [0, 0.1) is 0 Å². The Morgan fingerprint density at radius 3 is 2.90 bits per heavy atom. The molecule has 5 nitrogen and oxygen atoms in total. The molecule has 0 radical (unpaired) electrons. The first-order valence-electron chi connectivity index (χ1n) is 6.69. The van der Waals surface area contributed by atoms with Gasteiger partial charge < -0.3 is 18.8 Å². The molecule has 20 heavy (non-hydrogen) atoms. The third-order valence-corrected chi connectivity index (χ3v) is 3.51. The number of carbonyl (C=O) groups excluding carboxylic acids is 1. The summed E-state index contributed by atoms with van der Waals surface area (Å²) in [6.07, 6.45) is 0.318. The van der Waals surface area contributed by atoms with Crippen molar-refractivity contribution in [3.63, 3.8) is 0 Å². The van der Waals surface area contributed by atoms with E-state index in [1.165, 1.54) is 7.11 Å². The highest BCUT2D eigenvalue weighted by Crippen LogP contribution is 2.28. The van der Waals surface area contributed by atoms with Gasteiger partial charge in [0, 0.05) is 36.8 Å². The SMILES string of the molecule is CCOC1CN(c2ccc3cc(C(=O)OC)oc3c2)C1. The van der Waals surface area contributed by atoms with Crippen molar-refractivity contribution in [3.05, 3.63) is 30.0 Å². The number of nitrogens with zero attached hydrogens (tertiary/aromatic N) is 1. The second kappa shape index (κ2) is 5.17. The Hall–Kier alpha value is -2.01. The first-order chi connectivity index (χ1) is 9.71. The van der Waals surface area contributed by atoms with Crippen molar-refractivity contribution >= 4 is 22.6 Å². The zero-order chi connectivity index (χ0) is 14.1. The molecule has 106 valence electrons. The zero-order valence-corrected chi connectivity index (χ0v) is 11.6. The van der Waals surface area contributed by atoms with Crippen LogP contribution in [0.5, 0.6) is 0 Å². The number of rotatable bonds is 4. The van der Waals surface area contributed by atoms with Crippen LogP contribution >= 0.6 is 0 Å². The summed E-state index contributed by atoms with van der Waals surface area (Å²) in [5.74, 6) is -0.224. The average molecular weight is 275 g/mol. The maximum atomic E-state index is 11.4. The molecular weight excluding hydrogens is 258 g/mol. The number of benzene rings is 1. The van der Waals surface area contributed by atoms with Crippen LogP contribution in [0.1, 0.15) is 17.5 Å². The number of furan rings is 1. The number of fused-ring (bicyclic) bond motifs is 1. The van der Waals surface area contributed by atoms with E-state index in [9.17, 15) is 4.79 Å². The maximum absolute atomic E-state index is 11.4. The third kappa shape index (κ3) is 2.25. The Kier molecular flexibility index (Phi) is 3.36. The summed E-state index contributed by atoms with van der Waals surface area (Å²) in [5, 5.41) is 0.899. The van der Waals surface area contributed by atoms with E-state index in [1.54, 1.807) is 6.07 Å². The van der Waals surface area contributed by atoms with Crippen LogP contribution in [0.15, 0.2) is 28.7 Å². The predicted molar refractivity (Wildman–Crippen MR) is 75.2 cm³/mol. The molecule has 0 spiro atoms. The standard InChI is InChI=1S/C15H17NO4/c1-3-19-12-8-16(9-12)11-5-4-10-6-14(15(17)18-2)20-13(10)7-11/h4-7,12H,3,8-9H2,1-2H3. The molecule has 2 aromatic rings. The van der Waals surface area contributed by atoms with E-state index >= 15 is 0 Å². The van der Waals surface area contributed by atoms with Crippen molar-refractivity contribution < 1.29 is 18.7 Å². The summed E-state index contributed by atoms with van der Waals surface area (Å²) in [7, 11) is 1.34. The van der Waals surface area contributed by atoms with Gasteiger partial charge in [-0.3, -0.25) is 0 Å². The van der Waals surface area contributed by atoms with E-state index < -0.39 is 5.97 Å².